The zero-order valence-corrected chi connectivity index (χ0v) is 11.8. The molecule has 1 N–H and O–H groups in total. The van der Waals surface area contributed by atoms with Gasteiger partial charge in [0, 0.05) is 31.7 Å². The molecule has 2 rings (SSSR count). The fraction of sp³-hybridized carbons (Fsp3) is 1.00. The molecule has 0 aromatic carbocycles. The standard InChI is InChI=1S/C14H29N3/c1-14(2,3)15-11-13-7-10-17(12-13)16-8-5-4-6-9-16/h13,15H,4-12H2,1-3H3/t13-/m1/s1. The average Bonchev–Trinajstić information content (AvgIpc) is 2.75. The van der Waals surface area contributed by atoms with Gasteiger partial charge in [0.2, 0.25) is 0 Å². The van der Waals surface area contributed by atoms with E-state index in [0.717, 1.165) is 5.92 Å². The van der Waals surface area contributed by atoms with Gasteiger partial charge in [0.05, 0.1) is 0 Å². The van der Waals surface area contributed by atoms with Crippen molar-refractivity contribution in [1.29, 1.82) is 0 Å². The molecule has 100 valence electrons. The van der Waals surface area contributed by atoms with E-state index in [1.807, 2.05) is 0 Å². The molecule has 2 fully saturated rings. The Morgan fingerprint density at radius 2 is 1.71 bits per heavy atom. The lowest BCUT2D eigenvalue weighted by molar-refractivity contribution is -0.0220. The lowest BCUT2D eigenvalue weighted by Crippen LogP contribution is -2.45. The second-order valence-electron chi connectivity index (χ2n) is 6.71. The van der Waals surface area contributed by atoms with Crippen molar-refractivity contribution in [3.05, 3.63) is 0 Å². The van der Waals surface area contributed by atoms with Gasteiger partial charge in [-0.3, -0.25) is 0 Å². The van der Waals surface area contributed by atoms with Gasteiger partial charge in [-0.15, -0.1) is 0 Å². The highest BCUT2D eigenvalue weighted by Gasteiger charge is 2.28. The lowest BCUT2D eigenvalue weighted by atomic mass is 10.1. The molecule has 0 aromatic rings. The number of hydrogen-bond donors (Lipinski definition) is 1. The van der Waals surface area contributed by atoms with E-state index >= 15 is 0 Å². The van der Waals surface area contributed by atoms with Gasteiger partial charge in [0.1, 0.15) is 0 Å². The second kappa shape index (κ2) is 5.68. The van der Waals surface area contributed by atoms with Crippen LogP contribution in [0.2, 0.25) is 0 Å². The Labute approximate surface area is 107 Å². The van der Waals surface area contributed by atoms with E-state index < -0.39 is 0 Å². The molecule has 0 spiro atoms. The Hall–Kier alpha value is -0.120. The molecule has 0 aliphatic carbocycles. The second-order valence-corrected chi connectivity index (χ2v) is 6.71. The lowest BCUT2D eigenvalue weighted by Gasteiger charge is -2.35. The molecule has 3 nitrogen and oxygen atoms in total. The summed E-state index contributed by atoms with van der Waals surface area (Å²) in [5.41, 5.74) is 0.262. The zero-order chi connectivity index (χ0) is 12.3. The van der Waals surface area contributed by atoms with Gasteiger partial charge < -0.3 is 5.32 Å². The van der Waals surface area contributed by atoms with Gasteiger partial charge in [-0.2, -0.15) is 0 Å². The van der Waals surface area contributed by atoms with Crippen molar-refractivity contribution >= 4 is 0 Å². The normalized spacial score (nSPS) is 28.8. The number of rotatable bonds is 3. The molecule has 3 heteroatoms. The minimum atomic E-state index is 0.262. The molecule has 2 aliphatic heterocycles. The molecular weight excluding hydrogens is 210 g/mol. The van der Waals surface area contributed by atoms with Crippen LogP contribution in [0.1, 0.15) is 46.5 Å². The van der Waals surface area contributed by atoms with Crippen molar-refractivity contribution in [2.75, 3.05) is 32.7 Å². The van der Waals surface area contributed by atoms with Crippen LogP contribution in [-0.2, 0) is 0 Å². The number of nitrogens with one attached hydrogen (secondary N) is 1. The van der Waals surface area contributed by atoms with Gasteiger partial charge in [0.25, 0.3) is 0 Å². The van der Waals surface area contributed by atoms with E-state index in [1.54, 1.807) is 0 Å². The first-order chi connectivity index (χ1) is 8.04. The summed E-state index contributed by atoms with van der Waals surface area (Å²) in [5.74, 6) is 0.844. The monoisotopic (exact) mass is 239 g/mol. The van der Waals surface area contributed by atoms with Crippen molar-refractivity contribution in [3.8, 4) is 0 Å². The molecule has 0 amide bonds. The van der Waals surface area contributed by atoms with Crippen LogP contribution in [0, 0.1) is 5.92 Å². The third-order valence-electron chi connectivity index (χ3n) is 3.92. The summed E-state index contributed by atoms with van der Waals surface area (Å²) in [4.78, 5) is 0. The van der Waals surface area contributed by atoms with Crippen LogP contribution in [0.4, 0.5) is 0 Å². The topological polar surface area (TPSA) is 18.5 Å². The summed E-state index contributed by atoms with van der Waals surface area (Å²) in [7, 11) is 0. The quantitative estimate of drug-likeness (QED) is 0.813. The van der Waals surface area contributed by atoms with Gasteiger partial charge in [0.15, 0.2) is 0 Å². The molecule has 17 heavy (non-hydrogen) atoms. The minimum Gasteiger partial charge on any atom is -0.312 e. The highest BCUT2D eigenvalue weighted by atomic mass is 15.6. The maximum Gasteiger partial charge on any atom is 0.0174 e. The number of piperidine rings is 1. The summed E-state index contributed by atoms with van der Waals surface area (Å²) in [6.45, 7) is 13.1. The van der Waals surface area contributed by atoms with Gasteiger partial charge in [-0.1, -0.05) is 6.42 Å². The minimum absolute atomic E-state index is 0.262. The Kier molecular flexibility index (Phi) is 4.45. The van der Waals surface area contributed by atoms with Gasteiger partial charge in [-0.25, -0.2) is 10.0 Å². The molecule has 2 heterocycles. The largest absolute Gasteiger partial charge is 0.312 e. The Bertz CT molecular complexity index is 228. The van der Waals surface area contributed by atoms with Crippen molar-refractivity contribution in [2.45, 2.75) is 52.0 Å². The van der Waals surface area contributed by atoms with Crippen LogP contribution in [0.25, 0.3) is 0 Å². The van der Waals surface area contributed by atoms with Crippen molar-refractivity contribution < 1.29 is 0 Å². The van der Waals surface area contributed by atoms with Gasteiger partial charge in [-0.05, 0) is 52.5 Å². The molecule has 0 aromatic heterocycles. The molecule has 0 unspecified atom stereocenters. The van der Waals surface area contributed by atoms with E-state index in [2.05, 4.69) is 36.1 Å². The van der Waals surface area contributed by atoms with E-state index in [9.17, 15) is 0 Å². The summed E-state index contributed by atoms with van der Waals surface area (Å²) < 4.78 is 0. The van der Waals surface area contributed by atoms with E-state index in [-0.39, 0.29) is 5.54 Å². The highest BCUT2D eigenvalue weighted by molar-refractivity contribution is 4.80. The first-order valence-electron chi connectivity index (χ1n) is 7.29. The van der Waals surface area contributed by atoms with Crippen LogP contribution in [-0.4, -0.2) is 48.3 Å². The van der Waals surface area contributed by atoms with Crippen LogP contribution in [0.15, 0.2) is 0 Å². The Balaban J connectivity index is 1.71. The molecule has 0 bridgehead atoms. The van der Waals surface area contributed by atoms with Crippen LogP contribution in [0.5, 0.6) is 0 Å². The van der Waals surface area contributed by atoms with E-state index in [4.69, 9.17) is 0 Å². The number of nitrogens with zero attached hydrogens (tertiary/aromatic N) is 2. The molecule has 2 aliphatic rings. The van der Waals surface area contributed by atoms with E-state index in [1.165, 1.54) is 58.4 Å². The van der Waals surface area contributed by atoms with Crippen LogP contribution in [0.3, 0.4) is 0 Å². The van der Waals surface area contributed by atoms with Crippen molar-refractivity contribution in [3.63, 3.8) is 0 Å². The zero-order valence-electron chi connectivity index (χ0n) is 11.8. The third-order valence-corrected chi connectivity index (χ3v) is 3.92. The molecule has 0 saturated carbocycles. The first-order valence-corrected chi connectivity index (χ1v) is 7.29. The van der Waals surface area contributed by atoms with Crippen LogP contribution >= 0.6 is 0 Å². The average molecular weight is 239 g/mol. The van der Waals surface area contributed by atoms with Crippen molar-refractivity contribution in [2.24, 2.45) is 5.92 Å². The molecule has 0 radical (unpaired) electrons. The maximum atomic E-state index is 3.64. The maximum absolute atomic E-state index is 3.64. The molecular formula is C14H29N3. The highest BCUT2D eigenvalue weighted by Crippen LogP contribution is 2.21. The number of hydrazine groups is 1. The van der Waals surface area contributed by atoms with E-state index in [0.29, 0.717) is 0 Å². The predicted octanol–water partition coefficient (Wildman–Crippen LogP) is 2.10. The Morgan fingerprint density at radius 1 is 1.00 bits per heavy atom. The fourth-order valence-electron chi connectivity index (χ4n) is 2.85. The number of hydrogen-bond acceptors (Lipinski definition) is 3. The summed E-state index contributed by atoms with van der Waals surface area (Å²) >= 11 is 0. The van der Waals surface area contributed by atoms with Crippen molar-refractivity contribution in [1.82, 2.24) is 15.3 Å². The Morgan fingerprint density at radius 3 is 2.35 bits per heavy atom. The summed E-state index contributed by atoms with van der Waals surface area (Å²) in [6.07, 6.45) is 5.57. The summed E-state index contributed by atoms with van der Waals surface area (Å²) in [6, 6.07) is 0. The molecule has 1 atom stereocenters. The third kappa shape index (κ3) is 4.23. The molecule has 2 saturated heterocycles. The summed E-state index contributed by atoms with van der Waals surface area (Å²) in [5, 5.41) is 8.85. The first kappa shape index (κ1) is 13.3. The van der Waals surface area contributed by atoms with Gasteiger partial charge >= 0.3 is 0 Å². The smallest absolute Gasteiger partial charge is 0.0174 e. The van der Waals surface area contributed by atoms with Crippen LogP contribution < -0.4 is 5.32 Å². The predicted molar refractivity (Wildman–Crippen MR) is 72.9 cm³/mol. The fourth-order valence-corrected chi connectivity index (χ4v) is 2.85. The SMILES string of the molecule is CC(C)(C)NC[C@H]1CCN(N2CCCCC2)C1.